The van der Waals surface area contributed by atoms with Crippen molar-refractivity contribution in [3.05, 3.63) is 23.5 Å². The highest BCUT2D eigenvalue weighted by molar-refractivity contribution is 5.70. The normalized spacial score (nSPS) is 26.0. The monoisotopic (exact) mass is 469 g/mol. The number of rotatable bonds is 6. The summed E-state index contributed by atoms with van der Waals surface area (Å²) in [6.45, 7) is 2.72. The number of amides is 1. The fourth-order valence-electron chi connectivity index (χ4n) is 5.56. The molecule has 10 nitrogen and oxygen atoms in total. The van der Waals surface area contributed by atoms with Crippen molar-refractivity contribution in [2.75, 3.05) is 6.54 Å². The zero-order valence-corrected chi connectivity index (χ0v) is 19.6. The molecule has 1 saturated heterocycles. The average Bonchev–Trinajstić information content (AvgIpc) is 3.55. The van der Waals surface area contributed by atoms with Crippen LogP contribution in [0.15, 0.2) is 12.1 Å². The Hall–Kier alpha value is -3.17. The van der Waals surface area contributed by atoms with Gasteiger partial charge < -0.3 is 19.5 Å². The van der Waals surface area contributed by atoms with Gasteiger partial charge in [-0.3, -0.25) is 4.79 Å². The third-order valence-corrected chi connectivity index (χ3v) is 7.47. The summed E-state index contributed by atoms with van der Waals surface area (Å²) < 4.78 is 13.4. The number of aromatic nitrogens is 4. The van der Waals surface area contributed by atoms with Gasteiger partial charge in [0, 0.05) is 19.6 Å². The van der Waals surface area contributed by atoms with Crippen LogP contribution in [0.25, 0.3) is 11.4 Å². The van der Waals surface area contributed by atoms with E-state index >= 15 is 0 Å². The number of fused-ring (bicyclic) bond motifs is 2. The summed E-state index contributed by atoms with van der Waals surface area (Å²) in [6.07, 6.45) is 5.83. The van der Waals surface area contributed by atoms with Crippen molar-refractivity contribution in [2.24, 2.45) is 18.9 Å². The third kappa shape index (κ3) is 4.45. The first-order chi connectivity index (χ1) is 16.4. The fraction of sp³-hybridized carbons (Fsp3) is 0.625. The minimum Gasteiger partial charge on any atom is -0.489 e. The second kappa shape index (κ2) is 9.23. The number of carbonyl (C=O) groups excluding carboxylic acids is 1. The lowest BCUT2D eigenvalue weighted by Gasteiger charge is -2.27. The van der Waals surface area contributed by atoms with Gasteiger partial charge in [-0.05, 0) is 69.9 Å². The van der Waals surface area contributed by atoms with Crippen molar-refractivity contribution in [1.29, 1.82) is 0 Å². The van der Waals surface area contributed by atoms with E-state index in [4.69, 9.17) is 9.47 Å². The van der Waals surface area contributed by atoms with E-state index in [0.29, 0.717) is 53.3 Å². The molecule has 1 aliphatic heterocycles. The van der Waals surface area contributed by atoms with Crippen LogP contribution in [-0.4, -0.2) is 60.7 Å². The molecule has 0 radical (unpaired) electrons. The molecule has 10 heteroatoms. The highest BCUT2D eigenvalue weighted by Crippen LogP contribution is 2.38. The van der Waals surface area contributed by atoms with Crippen molar-refractivity contribution < 1.29 is 24.2 Å². The first-order valence-corrected chi connectivity index (χ1v) is 12.1. The lowest BCUT2D eigenvalue weighted by molar-refractivity contribution is -0.143. The predicted molar refractivity (Wildman–Crippen MR) is 121 cm³/mol. The number of aliphatic carboxylic acids is 1. The van der Waals surface area contributed by atoms with Gasteiger partial charge in [0.05, 0.1) is 23.4 Å². The molecule has 2 aromatic rings. The second-order valence-electron chi connectivity index (χ2n) is 9.77. The van der Waals surface area contributed by atoms with Crippen LogP contribution in [0.1, 0.15) is 56.3 Å². The molecule has 3 fully saturated rings. The number of carbonyl (C=O) groups is 2. The maximum atomic E-state index is 12.6. The number of piperidine rings is 1. The number of aryl methyl sites for hydroxylation is 2. The molecule has 182 valence electrons. The molecule has 2 saturated carbocycles. The molecule has 34 heavy (non-hydrogen) atoms. The van der Waals surface area contributed by atoms with Gasteiger partial charge in [0.25, 0.3) is 0 Å². The maximum Gasteiger partial charge on any atom is 0.410 e. The molecular formula is C24H31N5O5. The van der Waals surface area contributed by atoms with Crippen LogP contribution in [0.5, 0.6) is 5.75 Å². The van der Waals surface area contributed by atoms with Gasteiger partial charge in [-0.2, -0.15) is 0 Å². The molecule has 1 amide bonds. The number of ether oxygens (including phenoxy) is 2. The number of hydrogen-bond donors (Lipinski definition) is 1. The standard InChI is InChI=1S/C24H31N5O5/c1-14-21(34-18-5-3-4-16(11-18)23(30)31)9-8-19(25-14)22-20(28(2)27-26-22)13-33-24(32)29-12-15-6-7-17(29)10-15/h8-9,15-18H,3-7,10-13H2,1-2H3,(H,30,31)/t15?,16-,17?,18-/m0/s1. The summed E-state index contributed by atoms with van der Waals surface area (Å²) >= 11 is 0. The van der Waals surface area contributed by atoms with Crippen LogP contribution in [-0.2, 0) is 23.2 Å². The summed E-state index contributed by atoms with van der Waals surface area (Å²) in [4.78, 5) is 30.5. The van der Waals surface area contributed by atoms with Crippen LogP contribution in [0.3, 0.4) is 0 Å². The number of likely N-dealkylation sites (tertiary alicyclic amines) is 1. The fourth-order valence-corrected chi connectivity index (χ4v) is 5.56. The second-order valence-corrected chi connectivity index (χ2v) is 9.77. The van der Waals surface area contributed by atoms with Crippen molar-refractivity contribution in [3.63, 3.8) is 0 Å². The Morgan fingerprint density at radius 1 is 1.18 bits per heavy atom. The van der Waals surface area contributed by atoms with Crippen LogP contribution in [0.2, 0.25) is 0 Å². The molecule has 5 rings (SSSR count). The number of carboxylic acids is 1. The zero-order chi connectivity index (χ0) is 23.8. The van der Waals surface area contributed by atoms with Crippen LogP contribution >= 0.6 is 0 Å². The zero-order valence-electron chi connectivity index (χ0n) is 19.6. The van der Waals surface area contributed by atoms with E-state index in [0.717, 1.165) is 32.2 Å². The van der Waals surface area contributed by atoms with Gasteiger partial charge >= 0.3 is 12.1 Å². The van der Waals surface area contributed by atoms with E-state index in [1.165, 1.54) is 6.42 Å². The molecule has 0 aromatic carbocycles. The molecule has 2 bridgehead atoms. The third-order valence-electron chi connectivity index (χ3n) is 7.47. The molecule has 1 N–H and O–H groups in total. The average molecular weight is 470 g/mol. The Labute approximate surface area is 198 Å². The number of pyridine rings is 1. The Kier molecular flexibility index (Phi) is 6.14. The smallest absolute Gasteiger partial charge is 0.410 e. The summed E-state index contributed by atoms with van der Waals surface area (Å²) in [6, 6.07) is 3.97. The quantitative estimate of drug-likeness (QED) is 0.684. The summed E-state index contributed by atoms with van der Waals surface area (Å²) in [5.41, 5.74) is 2.55. The van der Waals surface area contributed by atoms with E-state index < -0.39 is 5.97 Å². The minimum atomic E-state index is -0.758. The molecule has 3 heterocycles. The first-order valence-electron chi connectivity index (χ1n) is 12.1. The molecule has 2 unspecified atom stereocenters. The van der Waals surface area contributed by atoms with E-state index in [1.807, 2.05) is 24.0 Å². The molecule has 2 aliphatic carbocycles. The lowest BCUT2D eigenvalue weighted by atomic mass is 9.87. The van der Waals surface area contributed by atoms with E-state index in [2.05, 4.69) is 15.3 Å². The number of hydrogen-bond acceptors (Lipinski definition) is 7. The molecular weight excluding hydrogens is 438 g/mol. The van der Waals surface area contributed by atoms with Crippen LogP contribution in [0.4, 0.5) is 4.79 Å². The van der Waals surface area contributed by atoms with Crippen molar-refractivity contribution in [2.45, 2.75) is 70.6 Å². The van der Waals surface area contributed by atoms with Crippen molar-refractivity contribution in [3.8, 4) is 17.1 Å². The molecule has 0 spiro atoms. The Morgan fingerprint density at radius 2 is 2.03 bits per heavy atom. The van der Waals surface area contributed by atoms with Gasteiger partial charge in [-0.15, -0.1) is 5.10 Å². The maximum absolute atomic E-state index is 12.6. The largest absolute Gasteiger partial charge is 0.489 e. The van der Waals surface area contributed by atoms with Crippen LogP contribution < -0.4 is 4.74 Å². The summed E-state index contributed by atoms with van der Waals surface area (Å²) in [5.74, 6) is 0.141. The number of carboxylic acid groups (broad SMARTS) is 1. The predicted octanol–water partition coefficient (Wildman–Crippen LogP) is 3.33. The number of nitrogens with zero attached hydrogens (tertiary/aromatic N) is 5. The van der Waals surface area contributed by atoms with E-state index in [-0.39, 0.29) is 24.7 Å². The topological polar surface area (TPSA) is 120 Å². The van der Waals surface area contributed by atoms with Gasteiger partial charge in [-0.25, -0.2) is 14.5 Å². The van der Waals surface area contributed by atoms with Crippen molar-refractivity contribution in [1.82, 2.24) is 24.9 Å². The highest BCUT2D eigenvalue weighted by Gasteiger charge is 2.41. The first kappa shape index (κ1) is 22.6. The van der Waals surface area contributed by atoms with E-state index in [1.54, 1.807) is 11.7 Å². The molecule has 3 aliphatic rings. The van der Waals surface area contributed by atoms with Gasteiger partial charge in [-0.1, -0.05) is 5.21 Å². The Morgan fingerprint density at radius 3 is 2.74 bits per heavy atom. The van der Waals surface area contributed by atoms with Crippen molar-refractivity contribution >= 4 is 12.1 Å². The van der Waals surface area contributed by atoms with Crippen LogP contribution in [0, 0.1) is 18.8 Å². The Bertz CT molecular complexity index is 1090. The minimum absolute atomic E-state index is 0.0726. The highest BCUT2D eigenvalue weighted by atomic mass is 16.6. The molecule has 2 aromatic heterocycles. The van der Waals surface area contributed by atoms with Gasteiger partial charge in [0.1, 0.15) is 23.7 Å². The SMILES string of the molecule is Cc1nc(-c2nnn(C)c2COC(=O)N2CC3CCC2C3)ccc1O[C@H]1CCC[C@H](C(=O)O)C1. The summed E-state index contributed by atoms with van der Waals surface area (Å²) in [7, 11) is 1.77. The Balaban J connectivity index is 1.26. The van der Waals surface area contributed by atoms with E-state index in [9.17, 15) is 14.7 Å². The van der Waals surface area contributed by atoms with Gasteiger partial charge in [0.15, 0.2) is 0 Å². The van der Waals surface area contributed by atoms with Gasteiger partial charge in [0.2, 0.25) is 0 Å². The lowest BCUT2D eigenvalue weighted by Crippen LogP contribution is -2.38. The summed E-state index contributed by atoms with van der Waals surface area (Å²) in [5, 5.41) is 17.7. The molecule has 4 atom stereocenters.